The lowest BCUT2D eigenvalue weighted by Crippen LogP contribution is -2.56. The Morgan fingerprint density at radius 1 is 1.16 bits per heavy atom. The summed E-state index contributed by atoms with van der Waals surface area (Å²) in [5, 5.41) is 16.5. The number of hydrogen-bond acceptors (Lipinski definition) is 3. The van der Waals surface area contributed by atoms with Gasteiger partial charge in [0.2, 0.25) is 0 Å². The summed E-state index contributed by atoms with van der Waals surface area (Å²) in [6.07, 6.45) is 1.38. The molecule has 5 heteroatoms. The maximum Gasteiger partial charge on any atom is 0.315 e. The largest absolute Gasteiger partial charge is 0.389 e. The quantitative estimate of drug-likeness (QED) is 0.582. The van der Waals surface area contributed by atoms with Crippen molar-refractivity contribution in [3.8, 4) is 0 Å². The fourth-order valence-corrected chi connectivity index (χ4v) is 2.69. The molecule has 1 aromatic rings. The van der Waals surface area contributed by atoms with Crippen molar-refractivity contribution < 1.29 is 9.90 Å². The first kappa shape index (κ1) is 21.5. The predicted octanol–water partition coefficient (Wildman–Crippen LogP) is 2.82. The molecule has 0 saturated heterocycles. The van der Waals surface area contributed by atoms with Crippen LogP contribution in [0.3, 0.4) is 0 Å². The number of nitrogens with two attached hydrogens (primary N) is 1. The minimum Gasteiger partial charge on any atom is -0.389 e. The van der Waals surface area contributed by atoms with E-state index in [0.29, 0.717) is 18.8 Å². The van der Waals surface area contributed by atoms with Gasteiger partial charge in [-0.1, -0.05) is 44.2 Å². The number of amides is 2. The monoisotopic (exact) mass is 349 g/mol. The third kappa shape index (κ3) is 8.89. The molecular weight excluding hydrogens is 314 g/mol. The van der Waals surface area contributed by atoms with E-state index in [0.717, 1.165) is 12.0 Å². The van der Waals surface area contributed by atoms with Crippen LogP contribution in [0.15, 0.2) is 30.3 Å². The van der Waals surface area contributed by atoms with Crippen molar-refractivity contribution in [3.05, 3.63) is 35.9 Å². The molecule has 3 atom stereocenters. The Labute approximate surface area is 152 Å². The van der Waals surface area contributed by atoms with Gasteiger partial charge in [-0.2, -0.15) is 0 Å². The van der Waals surface area contributed by atoms with E-state index < -0.39 is 12.1 Å². The highest BCUT2D eigenvalue weighted by atomic mass is 16.3. The molecule has 0 radical (unpaired) electrons. The molecule has 25 heavy (non-hydrogen) atoms. The summed E-state index contributed by atoms with van der Waals surface area (Å²) in [6, 6.07) is 8.78. The molecule has 0 bridgehead atoms. The number of nitrogens with one attached hydrogen (secondary N) is 2. The van der Waals surface area contributed by atoms with Gasteiger partial charge < -0.3 is 21.5 Å². The third-order valence-corrected chi connectivity index (χ3v) is 4.03. The molecular formula is C20H35N3O2. The van der Waals surface area contributed by atoms with Crippen LogP contribution >= 0.6 is 0 Å². The van der Waals surface area contributed by atoms with E-state index in [-0.39, 0.29) is 17.6 Å². The number of aliphatic hydroxyl groups is 1. The van der Waals surface area contributed by atoms with Crippen molar-refractivity contribution >= 4 is 6.03 Å². The number of urea groups is 1. The van der Waals surface area contributed by atoms with Gasteiger partial charge in [0.15, 0.2) is 0 Å². The Morgan fingerprint density at radius 2 is 1.76 bits per heavy atom. The van der Waals surface area contributed by atoms with E-state index in [1.165, 1.54) is 0 Å². The zero-order valence-corrected chi connectivity index (χ0v) is 16.3. The second-order valence-corrected chi connectivity index (χ2v) is 8.27. The summed E-state index contributed by atoms with van der Waals surface area (Å²) in [5.74, 6) is 0.493. The van der Waals surface area contributed by atoms with Gasteiger partial charge in [-0.05, 0) is 51.5 Å². The summed E-state index contributed by atoms with van der Waals surface area (Å²) < 4.78 is 0. The van der Waals surface area contributed by atoms with Crippen molar-refractivity contribution in [3.63, 3.8) is 0 Å². The molecule has 0 aliphatic heterocycles. The molecule has 2 amide bonds. The van der Waals surface area contributed by atoms with Crippen LogP contribution in [-0.2, 0) is 6.42 Å². The van der Waals surface area contributed by atoms with E-state index in [2.05, 4.69) is 24.5 Å². The maximum absolute atomic E-state index is 12.2. The lowest BCUT2D eigenvalue weighted by molar-refractivity contribution is 0.0962. The minimum atomic E-state index is -0.801. The molecule has 142 valence electrons. The molecule has 0 aromatic heterocycles. The lowest BCUT2D eigenvalue weighted by Gasteiger charge is -2.30. The number of carbonyl (C=O) groups is 1. The van der Waals surface area contributed by atoms with E-state index in [1.54, 1.807) is 0 Å². The normalized spacial score (nSPS) is 15.5. The average molecular weight is 350 g/mol. The third-order valence-electron chi connectivity index (χ3n) is 4.03. The van der Waals surface area contributed by atoms with Gasteiger partial charge in [0.25, 0.3) is 0 Å². The van der Waals surface area contributed by atoms with Gasteiger partial charge in [-0.3, -0.25) is 0 Å². The van der Waals surface area contributed by atoms with Crippen molar-refractivity contribution in [2.24, 2.45) is 11.7 Å². The predicted molar refractivity (Wildman–Crippen MR) is 103 cm³/mol. The highest BCUT2D eigenvalue weighted by Crippen LogP contribution is 2.14. The van der Waals surface area contributed by atoms with Crippen molar-refractivity contribution in [2.45, 2.75) is 77.6 Å². The average Bonchev–Trinajstić information content (AvgIpc) is 2.49. The molecule has 0 saturated carbocycles. The zero-order valence-electron chi connectivity index (χ0n) is 16.3. The fourth-order valence-electron chi connectivity index (χ4n) is 2.69. The molecule has 0 fully saturated rings. The summed E-state index contributed by atoms with van der Waals surface area (Å²) in [6.45, 7) is 10.0. The number of aliphatic hydroxyl groups excluding tert-OH is 1. The first-order chi connectivity index (χ1) is 11.6. The Hall–Kier alpha value is -1.59. The van der Waals surface area contributed by atoms with Crippen LogP contribution in [0.25, 0.3) is 0 Å². The van der Waals surface area contributed by atoms with Gasteiger partial charge >= 0.3 is 6.03 Å². The topological polar surface area (TPSA) is 87.4 Å². The lowest BCUT2D eigenvalue weighted by atomic mass is 9.92. The Bertz CT molecular complexity index is 511. The Kier molecular flexibility index (Phi) is 8.39. The summed E-state index contributed by atoms with van der Waals surface area (Å²) in [7, 11) is 0. The van der Waals surface area contributed by atoms with Gasteiger partial charge in [0.05, 0.1) is 12.1 Å². The van der Waals surface area contributed by atoms with Crippen molar-refractivity contribution in [2.75, 3.05) is 0 Å². The van der Waals surface area contributed by atoms with E-state index in [1.807, 2.05) is 51.1 Å². The minimum absolute atomic E-state index is 0.271. The first-order valence-electron chi connectivity index (χ1n) is 9.14. The molecule has 0 aliphatic rings. The molecule has 1 rings (SSSR count). The van der Waals surface area contributed by atoms with Gasteiger partial charge in [-0.25, -0.2) is 4.79 Å². The van der Waals surface area contributed by atoms with Crippen LogP contribution < -0.4 is 16.4 Å². The number of rotatable bonds is 8. The second kappa shape index (κ2) is 9.78. The molecule has 5 N–H and O–H groups in total. The van der Waals surface area contributed by atoms with Crippen molar-refractivity contribution in [1.82, 2.24) is 10.6 Å². The maximum atomic E-state index is 12.2. The second-order valence-electron chi connectivity index (χ2n) is 8.27. The van der Waals surface area contributed by atoms with Crippen LogP contribution in [0.5, 0.6) is 0 Å². The first-order valence-corrected chi connectivity index (χ1v) is 9.14. The molecule has 0 aliphatic carbocycles. The van der Waals surface area contributed by atoms with Crippen molar-refractivity contribution in [1.29, 1.82) is 0 Å². The smallest absolute Gasteiger partial charge is 0.315 e. The van der Waals surface area contributed by atoms with Crippen LogP contribution in [0.1, 0.15) is 53.0 Å². The summed E-state index contributed by atoms with van der Waals surface area (Å²) >= 11 is 0. The summed E-state index contributed by atoms with van der Waals surface area (Å²) in [4.78, 5) is 12.2. The van der Waals surface area contributed by atoms with Gasteiger partial charge in [-0.15, -0.1) is 0 Å². The van der Waals surface area contributed by atoms with Crippen LogP contribution in [0.4, 0.5) is 4.79 Å². The van der Waals surface area contributed by atoms with Crippen LogP contribution in [0, 0.1) is 5.92 Å². The standard InChI is InChI=1S/C20H35N3O2/c1-14(2)11-12-17(22-19(25)23-20(3,4)5)18(24)16(21)13-15-9-7-6-8-10-15/h6-10,14,16-18,24H,11-13,21H2,1-5H3,(H2,22,23,25)/t16-,17?,18+/m0/s1. The summed E-state index contributed by atoms with van der Waals surface area (Å²) in [5.41, 5.74) is 6.99. The number of benzene rings is 1. The zero-order chi connectivity index (χ0) is 19.0. The Balaban J connectivity index is 2.73. The molecule has 5 nitrogen and oxygen atoms in total. The number of carbonyl (C=O) groups excluding carboxylic acids is 1. The highest BCUT2D eigenvalue weighted by molar-refractivity contribution is 5.75. The molecule has 0 heterocycles. The number of hydrogen-bond donors (Lipinski definition) is 4. The fraction of sp³-hybridized carbons (Fsp3) is 0.650. The van der Waals surface area contributed by atoms with Gasteiger partial charge in [0.1, 0.15) is 0 Å². The van der Waals surface area contributed by atoms with E-state index in [9.17, 15) is 9.90 Å². The van der Waals surface area contributed by atoms with E-state index >= 15 is 0 Å². The molecule has 1 aromatic carbocycles. The Morgan fingerprint density at radius 3 is 2.28 bits per heavy atom. The molecule has 0 spiro atoms. The van der Waals surface area contributed by atoms with Gasteiger partial charge in [0, 0.05) is 11.6 Å². The van der Waals surface area contributed by atoms with Crippen LogP contribution in [0.2, 0.25) is 0 Å². The molecule has 1 unspecified atom stereocenters. The van der Waals surface area contributed by atoms with Crippen LogP contribution in [-0.4, -0.2) is 34.9 Å². The van der Waals surface area contributed by atoms with E-state index in [4.69, 9.17) is 5.73 Å². The SMILES string of the molecule is CC(C)CCC(NC(=O)NC(C)(C)C)[C@H](O)[C@@H](N)Cc1ccccc1. The highest BCUT2D eigenvalue weighted by Gasteiger charge is 2.28.